The molecule has 3 aromatic rings. The number of unbranched alkanes of at least 4 members (excludes halogenated alkanes) is 5. The van der Waals surface area contributed by atoms with Crippen molar-refractivity contribution in [3.63, 3.8) is 0 Å². The third kappa shape index (κ3) is 8.13. The summed E-state index contributed by atoms with van der Waals surface area (Å²) in [5.74, 6) is -1.60. The van der Waals surface area contributed by atoms with Crippen molar-refractivity contribution in [3.8, 4) is 0 Å². The summed E-state index contributed by atoms with van der Waals surface area (Å²) < 4.78 is 0. The lowest BCUT2D eigenvalue weighted by Gasteiger charge is -2.32. The summed E-state index contributed by atoms with van der Waals surface area (Å²) in [7, 11) is 0. The highest BCUT2D eigenvalue weighted by Crippen LogP contribution is 2.42. The van der Waals surface area contributed by atoms with Crippen molar-refractivity contribution in [1.82, 2.24) is 0 Å². The van der Waals surface area contributed by atoms with Crippen molar-refractivity contribution in [2.24, 2.45) is 10.5 Å². The Hall–Kier alpha value is -4.71. The summed E-state index contributed by atoms with van der Waals surface area (Å²) in [6, 6.07) is 24.9. The monoisotopic (exact) mass is 655 g/mol. The Labute approximate surface area is 291 Å². The third-order valence-corrected chi connectivity index (χ3v) is 9.86. The molecule has 0 radical (unpaired) electrons. The van der Waals surface area contributed by atoms with Crippen LogP contribution in [0.3, 0.4) is 0 Å². The van der Waals surface area contributed by atoms with E-state index in [1.54, 1.807) is 12.1 Å². The second kappa shape index (κ2) is 15.2. The van der Waals surface area contributed by atoms with Crippen molar-refractivity contribution in [2.75, 3.05) is 16.5 Å². The Kier molecular flexibility index (Phi) is 10.6. The molecule has 0 atom stereocenters. The number of hydrazone groups is 1. The SMILES string of the molecule is CCCCCCCCc1ccc(N2CCCc3cc(/C=C/C4=CC(=C5\C(=O)N(c6ccccc6)N=C5C(=O)O)/CC(C)(C)C4)ccc32)cc1. The van der Waals surface area contributed by atoms with Gasteiger partial charge < -0.3 is 10.0 Å². The van der Waals surface area contributed by atoms with Crippen LogP contribution in [0.2, 0.25) is 0 Å². The maximum atomic E-state index is 13.6. The highest BCUT2D eigenvalue weighted by atomic mass is 16.4. The van der Waals surface area contributed by atoms with E-state index in [2.05, 4.69) is 85.4 Å². The number of carbonyl (C=O) groups excluding carboxylic acids is 1. The number of hydrogen-bond acceptors (Lipinski definition) is 4. The van der Waals surface area contributed by atoms with Gasteiger partial charge in [-0.25, -0.2) is 4.79 Å². The maximum Gasteiger partial charge on any atom is 0.357 e. The molecule has 0 saturated heterocycles. The summed E-state index contributed by atoms with van der Waals surface area (Å²) in [6.07, 6.45) is 18.9. The third-order valence-electron chi connectivity index (χ3n) is 9.86. The van der Waals surface area contributed by atoms with E-state index < -0.39 is 11.9 Å². The first-order valence-electron chi connectivity index (χ1n) is 18.1. The number of anilines is 3. The van der Waals surface area contributed by atoms with Crippen molar-refractivity contribution in [3.05, 3.63) is 118 Å². The molecule has 1 aliphatic carbocycles. The first kappa shape index (κ1) is 34.2. The van der Waals surface area contributed by atoms with Gasteiger partial charge in [0.1, 0.15) is 0 Å². The number of aryl methyl sites for hydroxylation is 2. The molecule has 2 aliphatic heterocycles. The zero-order valence-electron chi connectivity index (χ0n) is 29.3. The molecule has 0 fully saturated rings. The maximum absolute atomic E-state index is 13.6. The first-order chi connectivity index (χ1) is 23.7. The Bertz CT molecular complexity index is 1800. The van der Waals surface area contributed by atoms with Crippen LogP contribution in [0.25, 0.3) is 6.08 Å². The van der Waals surface area contributed by atoms with E-state index in [1.807, 2.05) is 24.3 Å². The number of benzene rings is 3. The number of rotatable bonds is 12. The summed E-state index contributed by atoms with van der Waals surface area (Å²) in [4.78, 5) is 28.3. The lowest BCUT2D eigenvalue weighted by atomic mass is 9.73. The molecule has 0 saturated carbocycles. The lowest BCUT2D eigenvalue weighted by Crippen LogP contribution is -2.26. The number of amides is 1. The minimum absolute atomic E-state index is 0.151. The highest BCUT2D eigenvalue weighted by molar-refractivity contribution is 6.53. The van der Waals surface area contributed by atoms with E-state index in [1.165, 1.54) is 66.0 Å². The minimum Gasteiger partial charge on any atom is -0.476 e. The summed E-state index contributed by atoms with van der Waals surface area (Å²) in [6.45, 7) is 7.60. The normalized spacial score (nSPS) is 18.9. The molecule has 254 valence electrons. The minimum atomic E-state index is -1.20. The fourth-order valence-corrected chi connectivity index (χ4v) is 7.45. The van der Waals surface area contributed by atoms with Crippen LogP contribution in [0.1, 0.15) is 95.2 Å². The highest BCUT2D eigenvalue weighted by Gasteiger charge is 2.39. The van der Waals surface area contributed by atoms with Gasteiger partial charge in [0.25, 0.3) is 5.91 Å². The van der Waals surface area contributed by atoms with E-state index in [4.69, 9.17) is 0 Å². The molecule has 1 N–H and O–H groups in total. The molecule has 3 aromatic carbocycles. The van der Waals surface area contributed by atoms with Gasteiger partial charge in [0.05, 0.1) is 11.3 Å². The molecule has 0 bridgehead atoms. The van der Waals surface area contributed by atoms with Crippen molar-refractivity contribution in [1.29, 1.82) is 0 Å². The fourth-order valence-electron chi connectivity index (χ4n) is 7.45. The van der Waals surface area contributed by atoms with Crippen molar-refractivity contribution < 1.29 is 14.7 Å². The van der Waals surface area contributed by atoms with E-state index >= 15 is 0 Å². The van der Waals surface area contributed by atoms with Crippen LogP contribution in [0, 0.1) is 5.41 Å². The van der Waals surface area contributed by atoms with Gasteiger partial charge in [0, 0.05) is 17.9 Å². The standard InChI is InChI=1S/C43H49N3O3/c1-4-5-6-7-8-10-14-31-20-23-36(24-21-31)45-26-13-15-34-27-32(22-25-38(34)45)18-19-33-28-35(30-43(2,3)29-33)39-40(42(48)49)44-46(41(39)47)37-16-11-9-12-17-37/h9,11-12,16-25,27-28H,4-8,10,13-15,26,29-30H2,1-3H3,(H,48,49)/b19-18+,39-35+. The molecule has 0 spiro atoms. The molecule has 2 heterocycles. The molecular weight excluding hydrogens is 606 g/mol. The fraction of sp³-hybridized carbons (Fsp3) is 0.372. The Morgan fingerprint density at radius 1 is 0.898 bits per heavy atom. The topological polar surface area (TPSA) is 73.2 Å². The van der Waals surface area contributed by atoms with E-state index in [9.17, 15) is 14.7 Å². The number of para-hydroxylation sites is 1. The predicted octanol–water partition coefficient (Wildman–Crippen LogP) is 10.2. The van der Waals surface area contributed by atoms with Crippen LogP contribution in [0.5, 0.6) is 0 Å². The van der Waals surface area contributed by atoms with Gasteiger partial charge in [0.2, 0.25) is 0 Å². The summed E-state index contributed by atoms with van der Waals surface area (Å²) in [5, 5.41) is 15.5. The molecule has 6 nitrogen and oxygen atoms in total. The molecule has 0 unspecified atom stereocenters. The average Bonchev–Trinajstić information content (AvgIpc) is 3.46. The smallest absolute Gasteiger partial charge is 0.357 e. The number of allylic oxidation sites excluding steroid dienone is 4. The molecule has 6 heteroatoms. The van der Waals surface area contributed by atoms with Gasteiger partial charge in [-0.2, -0.15) is 10.1 Å². The Morgan fingerprint density at radius 2 is 1.65 bits per heavy atom. The molecular formula is C43H49N3O3. The van der Waals surface area contributed by atoms with Gasteiger partial charge in [0.15, 0.2) is 5.71 Å². The average molecular weight is 656 g/mol. The van der Waals surface area contributed by atoms with E-state index in [0.717, 1.165) is 48.9 Å². The second-order valence-electron chi connectivity index (χ2n) is 14.5. The largest absolute Gasteiger partial charge is 0.476 e. The van der Waals surface area contributed by atoms with Crippen LogP contribution in [-0.4, -0.2) is 29.2 Å². The number of nitrogens with zero attached hydrogens (tertiary/aromatic N) is 3. The van der Waals surface area contributed by atoms with Crippen LogP contribution in [0.4, 0.5) is 17.1 Å². The van der Waals surface area contributed by atoms with Gasteiger partial charge in [-0.1, -0.05) is 108 Å². The van der Waals surface area contributed by atoms with Crippen LogP contribution in [0.15, 0.2) is 107 Å². The zero-order chi connectivity index (χ0) is 34.4. The van der Waals surface area contributed by atoms with Crippen LogP contribution < -0.4 is 9.91 Å². The summed E-state index contributed by atoms with van der Waals surface area (Å²) in [5.41, 5.74) is 8.60. The molecule has 1 amide bonds. The number of carbonyl (C=O) groups is 2. The quantitative estimate of drug-likeness (QED) is 0.156. The number of carboxylic acids is 1. The van der Waals surface area contributed by atoms with Gasteiger partial charge in [-0.3, -0.25) is 4.79 Å². The Morgan fingerprint density at radius 3 is 2.41 bits per heavy atom. The molecule has 3 aliphatic rings. The van der Waals surface area contributed by atoms with Crippen LogP contribution in [-0.2, 0) is 22.4 Å². The van der Waals surface area contributed by atoms with E-state index in [-0.39, 0.29) is 16.7 Å². The number of fused-ring (bicyclic) bond motifs is 1. The Balaban J connectivity index is 1.19. The zero-order valence-corrected chi connectivity index (χ0v) is 29.3. The predicted molar refractivity (Wildman–Crippen MR) is 201 cm³/mol. The number of carboxylic acid groups (broad SMARTS) is 1. The molecule has 6 rings (SSSR count). The number of hydrogen-bond donors (Lipinski definition) is 1. The van der Waals surface area contributed by atoms with Gasteiger partial charge in [-0.15, -0.1) is 0 Å². The van der Waals surface area contributed by atoms with Gasteiger partial charge in [-0.05, 0) is 108 Å². The van der Waals surface area contributed by atoms with Crippen molar-refractivity contribution >= 4 is 40.7 Å². The number of aliphatic carboxylic acids is 1. The molecule has 0 aromatic heterocycles. The van der Waals surface area contributed by atoms with Crippen molar-refractivity contribution in [2.45, 2.75) is 91.4 Å². The van der Waals surface area contributed by atoms with Gasteiger partial charge >= 0.3 is 5.97 Å². The first-order valence-corrected chi connectivity index (χ1v) is 18.1. The second-order valence-corrected chi connectivity index (χ2v) is 14.5. The van der Waals surface area contributed by atoms with Crippen LogP contribution >= 0.6 is 0 Å². The molecule has 49 heavy (non-hydrogen) atoms. The lowest BCUT2D eigenvalue weighted by molar-refractivity contribution is -0.129. The van der Waals surface area contributed by atoms with E-state index in [0.29, 0.717) is 12.1 Å². The summed E-state index contributed by atoms with van der Waals surface area (Å²) >= 11 is 0.